The molecule has 0 atom stereocenters. The maximum absolute atomic E-state index is 11.9. The third kappa shape index (κ3) is 5.84. The zero-order valence-corrected chi connectivity index (χ0v) is 14.8. The van der Waals surface area contributed by atoms with Crippen molar-refractivity contribution in [2.75, 3.05) is 20.6 Å². The fraction of sp³-hybridized carbons (Fsp3) is 0.500. The molecule has 0 unspecified atom stereocenters. The summed E-state index contributed by atoms with van der Waals surface area (Å²) in [7, 11) is 3.48. The molecule has 1 aliphatic rings. The highest BCUT2D eigenvalue weighted by Gasteiger charge is 2.08. The Kier molecular flexibility index (Phi) is 7.04. The highest BCUT2D eigenvalue weighted by Crippen LogP contribution is 2.19. The van der Waals surface area contributed by atoms with Gasteiger partial charge in [0.2, 0.25) is 5.91 Å². The predicted molar refractivity (Wildman–Crippen MR) is 97.0 cm³/mol. The second kappa shape index (κ2) is 9.26. The van der Waals surface area contributed by atoms with Crippen LogP contribution in [0.3, 0.4) is 0 Å². The molecule has 2 rings (SSSR count). The maximum atomic E-state index is 11.9. The Hall–Kier alpha value is -2.10. The van der Waals surface area contributed by atoms with Gasteiger partial charge < -0.3 is 10.2 Å². The number of hydrogen-bond donors (Lipinski definition) is 1. The molecular formula is C20H28N2O2. The predicted octanol–water partition coefficient (Wildman–Crippen LogP) is 3.33. The van der Waals surface area contributed by atoms with Gasteiger partial charge in [-0.1, -0.05) is 23.8 Å². The molecule has 4 nitrogen and oxygen atoms in total. The van der Waals surface area contributed by atoms with E-state index in [0.717, 1.165) is 18.5 Å². The number of carbonyl (C=O) groups excluding carboxylic acids is 2. The summed E-state index contributed by atoms with van der Waals surface area (Å²) in [5.74, 6) is 0.0937. The minimum Gasteiger partial charge on any atom is -0.356 e. The second-order valence-corrected chi connectivity index (χ2v) is 6.60. The van der Waals surface area contributed by atoms with E-state index in [1.807, 2.05) is 24.3 Å². The number of benzene rings is 1. The molecule has 1 N–H and O–H groups in total. The van der Waals surface area contributed by atoms with Gasteiger partial charge in [0.15, 0.2) is 0 Å². The number of nitrogens with zero attached hydrogens (tertiary/aromatic N) is 1. The quantitative estimate of drug-likeness (QED) is 0.781. The molecule has 0 saturated heterocycles. The van der Waals surface area contributed by atoms with E-state index in [0.29, 0.717) is 18.4 Å². The van der Waals surface area contributed by atoms with Gasteiger partial charge in [-0.15, -0.1) is 0 Å². The van der Waals surface area contributed by atoms with Gasteiger partial charge in [-0.3, -0.25) is 9.59 Å². The molecule has 4 heteroatoms. The van der Waals surface area contributed by atoms with Gasteiger partial charge in [-0.2, -0.15) is 0 Å². The molecule has 130 valence electrons. The van der Waals surface area contributed by atoms with Crippen LogP contribution in [0.4, 0.5) is 0 Å². The maximum Gasteiger partial charge on any atom is 0.253 e. The molecule has 0 saturated carbocycles. The smallest absolute Gasteiger partial charge is 0.253 e. The van der Waals surface area contributed by atoms with Crippen LogP contribution in [-0.2, 0) is 11.2 Å². The largest absolute Gasteiger partial charge is 0.356 e. The molecule has 1 aromatic rings. The summed E-state index contributed by atoms with van der Waals surface area (Å²) in [5, 5.41) is 3.00. The van der Waals surface area contributed by atoms with E-state index < -0.39 is 0 Å². The van der Waals surface area contributed by atoms with Crippen LogP contribution in [-0.4, -0.2) is 37.4 Å². The number of nitrogens with one attached hydrogen (secondary N) is 1. The van der Waals surface area contributed by atoms with Gasteiger partial charge in [-0.05, 0) is 56.2 Å². The van der Waals surface area contributed by atoms with Crippen molar-refractivity contribution in [1.29, 1.82) is 0 Å². The Morgan fingerprint density at radius 1 is 1.08 bits per heavy atom. The van der Waals surface area contributed by atoms with Gasteiger partial charge >= 0.3 is 0 Å². The van der Waals surface area contributed by atoms with Gasteiger partial charge in [0, 0.05) is 32.6 Å². The number of rotatable bonds is 7. The number of allylic oxidation sites excluding steroid dienone is 1. The second-order valence-electron chi connectivity index (χ2n) is 6.60. The number of carbonyl (C=O) groups is 2. The Morgan fingerprint density at radius 2 is 1.83 bits per heavy atom. The lowest BCUT2D eigenvalue weighted by atomic mass is 9.97. The molecule has 0 aromatic heterocycles. The van der Waals surface area contributed by atoms with Crippen molar-refractivity contribution in [1.82, 2.24) is 10.2 Å². The summed E-state index contributed by atoms with van der Waals surface area (Å²) in [6.45, 7) is 0.737. The minimum atomic E-state index is -0.00342. The van der Waals surface area contributed by atoms with Crippen molar-refractivity contribution in [3.05, 3.63) is 47.0 Å². The highest BCUT2D eigenvalue weighted by atomic mass is 16.2. The van der Waals surface area contributed by atoms with Crippen molar-refractivity contribution in [2.24, 2.45) is 0 Å². The first-order valence-electron chi connectivity index (χ1n) is 8.81. The van der Waals surface area contributed by atoms with E-state index in [4.69, 9.17) is 0 Å². The number of aryl methyl sites for hydroxylation is 1. The first kappa shape index (κ1) is 18.2. The van der Waals surface area contributed by atoms with Gasteiger partial charge in [0.25, 0.3) is 5.91 Å². The standard InChI is InChI=1S/C20H28N2O2/c1-22(2)20(24)18-11-8-17(9-12-18)10-13-19(23)21-15-14-16-6-4-3-5-7-16/h6,8-9,11-12H,3-5,7,10,13-15H2,1-2H3,(H,21,23). The molecular weight excluding hydrogens is 300 g/mol. The Morgan fingerprint density at radius 3 is 2.46 bits per heavy atom. The number of hydrogen-bond acceptors (Lipinski definition) is 2. The molecule has 0 bridgehead atoms. The van der Waals surface area contributed by atoms with Crippen LogP contribution in [0.1, 0.15) is 54.4 Å². The molecule has 1 aliphatic carbocycles. The summed E-state index contributed by atoms with van der Waals surface area (Å²) in [5.41, 5.74) is 3.24. The topological polar surface area (TPSA) is 49.4 Å². The fourth-order valence-electron chi connectivity index (χ4n) is 2.91. The molecule has 0 heterocycles. The summed E-state index contributed by atoms with van der Waals surface area (Å²) in [6.07, 6.45) is 9.45. The molecule has 2 amide bonds. The van der Waals surface area contributed by atoms with Crippen LogP contribution in [0.5, 0.6) is 0 Å². The van der Waals surface area contributed by atoms with E-state index in [2.05, 4.69) is 11.4 Å². The average Bonchev–Trinajstić information content (AvgIpc) is 2.60. The van der Waals surface area contributed by atoms with Crippen LogP contribution < -0.4 is 5.32 Å². The van der Waals surface area contributed by atoms with Crippen LogP contribution >= 0.6 is 0 Å². The first-order valence-corrected chi connectivity index (χ1v) is 8.81. The average molecular weight is 328 g/mol. The lowest BCUT2D eigenvalue weighted by molar-refractivity contribution is -0.121. The zero-order chi connectivity index (χ0) is 17.4. The van der Waals surface area contributed by atoms with Crippen LogP contribution in [0.25, 0.3) is 0 Å². The minimum absolute atomic E-state index is 0.00342. The normalized spacial score (nSPS) is 14.0. The van der Waals surface area contributed by atoms with Crippen molar-refractivity contribution in [3.8, 4) is 0 Å². The third-order valence-corrected chi connectivity index (χ3v) is 4.40. The monoisotopic (exact) mass is 328 g/mol. The van der Waals surface area contributed by atoms with Crippen molar-refractivity contribution >= 4 is 11.8 Å². The summed E-state index contributed by atoms with van der Waals surface area (Å²) in [4.78, 5) is 25.3. The van der Waals surface area contributed by atoms with Gasteiger partial charge in [0.1, 0.15) is 0 Å². The third-order valence-electron chi connectivity index (χ3n) is 4.40. The molecule has 0 aliphatic heterocycles. The van der Waals surface area contributed by atoms with E-state index >= 15 is 0 Å². The van der Waals surface area contributed by atoms with E-state index in [9.17, 15) is 9.59 Å². The van der Waals surface area contributed by atoms with E-state index in [1.54, 1.807) is 19.0 Å². The molecule has 24 heavy (non-hydrogen) atoms. The molecule has 0 fully saturated rings. The van der Waals surface area contributed by atoms with Crippen molar-refractivity contribution in [3.63, 3.8) is 0 Å². The lowest BCUT2D eigenvalue weighted by Crippen LogP contribution is -2.25. The molecule has 1 aromatic carbocycles. The Bertz CT molecular complexity index is 588. The van der Waals surface area contributed by atoms with E-state index in [-0.39, 0.29) is 11.8 Å². The molecule has 0 radical (unpaired) electrons. The Balaban J connectivity index is 1.69. The summed E-state index contributed by atoms with van der Waals surface area (Å²) >= 11 is 0. The van der Waals surface area contributed by atoms with Crippen LogP contribution in [0.2, 0.25) is 0 Å². The lowest BCUT2D eigenvalue weighted by Gasteiger charge is -2.13. The van der Waals surface area contributed by atoms with Gasteiger partial charge in [0.05, 0.1) is 0 Å². The van der Waals surface area contributed by atoms with Crippen molar-refractivity contribution in [2.45, 2.75) is 44.9 Å². The van der Waals surface area contributed by atoms with Crippen LogP contribution in [0, 0.1) is 0 Å². The zero-order valence-electron chi connectivity index (χ0n) is 14.8. The summed E-state index contributed by atoms with van der Waals surface area (Å²) < 4.78 is 0. The van der Waals surface area contributed by atoms with Gasteiger partial charge in [-0.25, -0.2) is 0 Å². The van der Waals surface area contributed by atoms with Crippen molar-refractivity contribution < 1.29 is 9.59 Å². The SMILES string of the molecule is CN(C)C(=O)c1ccc(CCC(=O)NCCC2=CCCCC2)cc1. The van der Waals surface area contributed by atoms with Crippen LogP contribution in [0.15, 0.2) is 35.9 Å². The first-order chi connectivity index (χ1) is 11.6. The number of amides is 2. The fourth-order valence-corrected chi connectivity index (χ4v) is 2.91. The summed E-state index contributed by atoms with van der Waals surface area (Å²) in [6, 6.07) is 7.50. The molecule has 0 spiro atoms. The Labute approximate surface area is 144 Å². The van der Waals surface area contributed by atoms with E-state index in [1.165, 1.54) is 31.3 Å². The highest BCUT2D eigenvalue weighted by molar-refractivity contribution is 5.93.